The Kier molecular flexibility index (Phi) is 16.9. The van der Waals surface area contributed by atoms with Gasteiger partial charge in [-0.05, 0) is 74.9 Å². The molecule has 0 unspecified atom stereocenters. The van der Waals surface area contributed by atoms with Crippen molar-refractivity contribution in [1.82, 2.24) is 0 Å². The number of allylic oxidation sites excluding steroid dienone is 7. The monoisotopic (exact) mass is 407 g/mol. The van der Waals surface area contributed by atoms with Gasteiger partial charge in [-0.15, -0.1) is 6.58 Å². The van der Waals surface area contributed by atoms with Crippen molar-refractivity contribution < 1.29 is 0 Å². The van der Waals surface area contributed by atoms with Gasteiger partial charge in [0.2, 0.25) is 0 Å². The minimum atomic E-state index is 0.593. The van der Waals surface area contributed by atoms with Crippen molar-refractivity contribution in [3.05, 3.63) is 96.9 Å². The Hall–Kier alpha value is -3.44. The summed E-state index contributed by atoms with van der Waals surface area (Å²) in [7, 11) is 1.50. The molecule has 0 aliphatic carbocycles. The molecule has 0 fully saturated rings. The van der Waals surface area contributed by atoms with Crippen LogP contribution in [0.3, 0.4) is 0 Å². The van der Waals surface area contributed by atoms with Gasteiger partial charge in [0.05, 0.1) is 5.71 Å². The van der Waals surface area contributed by atoms with E-state index in [2.05, 4.69) is 49.2 Å². The number of rotatable bonds is 8. The summed E-state index contributed by atoms with van der Waals surface area (Å²) < 4.78 is 0. The lowest BCUT2D eigenvalue weighted by Gasteiger charge is -2.16. The highest BCUT2D eigenvalue weighted by molar-refractivity contribution is 6.11. The third-order valence-electron chi connectivity index (χ3n) is 3.97. The zero-order chi connectivity index (χ0) is 23.5. The first-order valence-corrected chi connectivity index (χ1v) is 9.53. The Morgan fingerprint density at radius 2 is 1.73 bits per heavy atom. The first-order valence-electron chi connectivity index (χ1n) is 9.53. The SMILES string of the molecule is C=CC/C=C(\C(C)=C(/C)C(/C=C\C)=NC=C)c1cccc(N)c1C=N.C=CN.CN. The van der Waals surface area contributed by atoms with E-state index < -0.39 is 0 Å². The molecule has 0 saturated heterocycles. The van der Waals surface area contributed by atoms with Gasteiger partial charge in [-0.25, -0.2) is 0 Å². The molecule has 162 valence electrons. The van der Waals surface area contributed by atoms with E-state index in [0.29, 0.717) is 5.69 Å². The van der Waals surface area contributed by atoms with Gasteiger partial charge in [-0.3, -0.25) is 4.99 Å². The van der Waals surface area contributed by atoms with Gasteiger partial charge in [0, 0.05) is 23.7 Å². The van der Waals surface area contributed by atoms with Crippen LogP contribution in [0.2, 0.25) is 0 Å². The van der Waals surface area contributed by atoms with Gasteiger partial charge in [0.15, 0.2) is 0 Å². The summed E-state index contributed by atoms with van der Waals surface area (Å²) in [5.41, 5.74) is 21.4. The van der Waals surface area contributed by atoms with Gasteiger partial charge >= 0.3 is 0 Å². The molecule has 30 heavy (non-hydrogen) atoms. The van der Waals surface area contributed by atoms with Gasteiger partial charge in [-0.1, -0.05) is 43.5 Å². The first kappa shape index (κ1) is 28.8. The summed E-state index contributed by atoms with van der Waals surface area (Å²) in [4.78, 5) is 4.37. The Bertz CT molecular complexity index is 824. The normalized spacial score (nSPS) is 11.9. The molecule has 0 aliphatic rings. The molecule has 5 heteroatoms. The fourth-order valence-corrected chi connectivity index (χ4v) is 2.56. The molecule has 0 saturated carbocycles. The summed E-state index contributed by atoms with van der Waals surface area (Å²) in [5.74, 6) is 0. The molecule has 7 N–H and O–H groups in total. The van der Waals surface area contributed by atoms with E-state index in [-0.39, 0.29) is 0 Å². The quantitative estimate of drug-likeness (QED) is 0.200. The molecule has 1 aromatic rings. The van der Waals surface area contributed by atoms with Gasteiger partial charge in [0.1, 0.15) is 0 Å². The first-order chi connectivity index (χ1) is 14.4. The smallest absolute Gasteiger partial charge is 0.0658 e. The molecule has 0 heterocycles. The third kappa shape index (κ3) is 9.17. The summed E-state index contributed by atoms with van der Waals surface area (Å²) in [6.45, 7) is 16.7. The topological polar surface area (TPSA) is 114 Å². The number of nitrogens with two attached hydrogens (primary N) is 3. The molecular formula is C25H37N5. The van der Waals surface area contributed by atoms with Crippen LogP contribution in [-0.2, 0) is 0 Å². The molecule has 0 atom stereocenters. The van der Waals surface area contributed by atoms with Gasteiger partial charge in [-0.2, -0.15) is 0 Å². The fourth-order valence-electron chi connectivity index (χ4n) is 2.56. The second-order valence-corrected chi connectivity index (χ2v) is 5.78. The Morgan fingerprint density at radius 1 is 1.13 bits per heavy atom. The zero-order valence-electron chi connectivity index (χ0n) is 18.8. The summed E-state index contributed by atoms with van der Waals surface area (Å²) >= 11 is 0. The van der Waals surface area contributed by atoms with E-state index in [0.717, 1.165) is 40.0 Å². The maximum Gasteiger partial charge on any atom is 0.0658 e. The van der Waals surface area contributed by atoms with E-state index in [1.54, 1.807) is 6.20 Å². The highest BCUT2D eigenvalue weighted by atomic mass is 14.7. The molecule has 0 aliphatic heterocycles. The molecule has 0 spiro atoms. The van der Waals surface area contributed by atoms with E-state index in [9.17, 15) is 0 Å². The molecule has 1 aromatic carbocycles. The van der Waals surface area contributed by atoms with Crippen molar-refractivity contribution in [3.63, 3.8) is 0 Å². The van der Waals surface area contributed by atoms with Crippen LogP contribution in [0, 0.1) is 5.41 Å². The number of nitrogen functional groups attached to an aromatic ring is 1. The van der Waals surface area contributed by atoms with E-state index in [1.807, 2.05) is 50.3 Å². The number of anilines is 1. The molecule has 0 radical (unpaired) electrons. The predicted molar refractivity (Wildman–Crippen MR) is 137 cm³/mol. The molecular weight excluding hydrogens is 370 g/mol. The lowest BCUT2D eigenvalue weighted by molar-refractivity contribution is 1.34. The standard InChI is InChI=1S/C22H27N3.C2H5N.CH5N/c1-6-9-12-18(19-13-10-14-21(24)20(19)15-23)16(4)17(5)22(11-7-2)25-8-3;1-2-3;1-2/h6-8,10-15,23H,1,3,9,24H2,2,4-5H3;2H,1,3H2;2H2,1H3/b11-7-,17-16+,18-12+,23-15?,25-22?;;. The summed E-state index contributed by atoms with van der Waals surface area (Å²) in [5, 5.41) is 7.74. The van der Waals surface area contributed by atoms with Crippen molar-refractivity contribution in [2.45, 2.75) is 27.2 Å². The predicted octanol–water partition coefficient (Wildman–Crippen LogP) is 5.39. The molecule has 5 nitrogen and oxygen atoms in total. The van der Waals surface area contributed by atoms with Crippen LogP contribution < -0.4 is 17.2 Å². The van der Waals surface area contributed by atoms with Crippen LogP contribution in [0.5, 0.6) is 0 Å². The maximum atomic E-state index is 7.74. The van der Waals surface area contributed by atoms with Gasteiger partial charge in [0.25, 0.3) is 0 Å². The van der Waals surface area contributed by atoms with Crippen LogP contribution in [0.25, 0.3) is 5.57 Å². The molecule has 0 amide bonds. The van der Waals surface area contributed by atoms with Crippen molar-refractivity contribution in [1.29, 1.82) is 5.41 Å². The van der Waals surface area contributed by atoms with Crippen molar-refractivity contribution in [2.24, 2.45) is 16.5 Å². The number of nitrogens with zero attached hydrogens (tertiary/aromatic N) is 1. The maximum absolute atomic E-state index is 7.74. The van der Waals surface area contributed by atoms with Crippen LogP contribution in [0.15, 0.2) is 90.8 Å². The number of nitrogens with one attached hydrogen (secondary N) is 1. The molecule has 0 aromatic heterocycles. The minimum absolute atomic E-state index is 0.593. The summed E-state index contributed by atoms with van der Waals surface area (Å²) in [6.07, 6.45) is 12.7. The Balaban J connectivity index is 0. The van der Waals surface area contributed by atoms with Crippen molar-refractivity contribution in [2.75, 3.05) is 12.8 Å². The van der Waals surface area contributed by atoms with E-state index in [1.165, 1.54) is 19.5 Å². The summed E-state index contributed by atoms with van der Waals surface area (Å²) in [6, 6.07) is 5.71. The average molecular weight is 408 g/mol. The molecule has 1 rings (SSSR count). The number of aliphatic imine (C=N–C) groups is 1. The minimum Gasteiger partial charge on any atom is -0.405 e. The van der Waals surface area contributed by atoms with E-state index in [4.69, 9.17) is 11.1 Å². The highest BCUT2D eigenvalue weighted by Crippen LogP contribution is 2.31. The largest absolute Gasteiger partial charge is 0.405 e. The lowest BCUT2D eigenvalue weighted by Crippen LogP contribution is -2.04. The zero-order valence-corrected chi connectivity index (χ0v) is 18.8. The second-order valence-electron chi connectivity index (χ2n) is 5.78. The van der Waals surface area contributed by atoms with E-state index >= 15 is 0 Å². The highest BCUT2D eigenvalue weighted by Gasteiger charge is 2.13. The number of hydrogen-bond acceptors (Lipinski definition) is 5. The number of hydrogen-bond donors (Lipinski definition) is 4. The fraction of sp³-hybridized carbons (Fsp3) is 0.200. The Morgan fingerprint density at radius 3 is 2.20 bits per heavy atom. The average Bonchev–Trinajstić information content (AvgIpc) is 2.75. The Labute approximate surface area is 182 Å². The third-order valence-corrected chi connectivity index (χ3v) is 3.97. The van der Waals surface area contributed by atoms with Crippen molar-refractivity contribution >= 4 is 23.2 Å². The van der Waals surface area contributed by atoms with Crippen LogP contribution in [0.4, 0.5) is 5.69 Å². The molecule has 0 bridgehead atoms. The van der Waals surface area contributed by atoms with Crippen LogP contribution in [0.1, 0.15) is 38.3 Å². The lowest BCUT2D eigenvalue weighted by atomic mass is 9.89. The van der Waals surface area contributed by atoms with Crippen LogP contribution in [-0.4, -0.2) is 19.0 Å². The van der Waals surface area contributed by atoms with Crippen molar-refractivity contribution in [3.8, 4) is 0 Å². The van der Waals surface area contributed by atoms with Crippen LogP contribution >= 0.6 is 0 Å². The second kappa shape index (κ2) is 17.6. The number of benzene rings is 1. The van der Waals surface area contributed by atoms with Gasteiger partial charge < -0.3 is 22.6 Å².